The number of hydrogen-bond acceptors (Lipinski definition) is 2. The van der Waals surface area contributed by atoms with Gasteiger partial charge in [-0.2, -0.15) is 0 Å². The van der Waals surface area contributed by atoms with E-state index in [4.69, 9.17) is 0 Å². The van der Waals surface area contributed by atoms with Crippen molar-refractivity contribution < 1.29 is 0 Å². The first-order valence-corrected chi connectivity index (χ1v) is 7.83. The minimum Gasteiger partial charge on any atom is -0.344 e. The van der Waals surface area contributed by atoms with Crippen LogP contribution in [0.2, 0.25) is 0 Å². The highest BCUT2D eigenvalue weighted by Gasteiger charge is 2.20. The Morgan fingerprint density at radius 3 is 1.59 bits per heavy atom. The van der Waals surface area contributed by atoms with Crippen LogP contribution < -0.4 is 11.5 Å². The molecule has 0 heterocycles. The second-order valence-electron chi connectivity index (χ2n) is 6.91. The average molecular weight is 298 g/mol. The molecular formula is C20H30N2. The summed E-state index contributed by atoms with van der Waals surface area (Å²) in [6.07, 6.45) is 1.10. The molecule has 0 bridgehead atoms. The van der Waals surface area contributed by atoms with Gasteiger partial charge >= 0.3 is 0 Å². The molecular weight excluding hydrogens is 268 g/mol. The monoisotopic (exact) mass is 298 g/mol. The first kappa shape index (κ1) is 18.4. The predicted octanol–water partition coefficient (Wildman–Crippen LogP) is 5.15. The topological polar surface area (TPSA) is 47.0 Å². The minimum atomic E-state index is 0. The molecule has 1 atom stereocenters. The fraction of sp³-hybridized carbons (Fsp3) is 0.400. The van der Waals surface area contributed by atoms with Gasteiger partial charge in [-0.3, -0.25) is 0 Å². The molecule has 0 aliphatic rings. The van der Waals surface area contributed by atoms with Gasteiger partial charge in [0.1, 0.15) is 0 Å². The van der Waals surface area contributed by atoms with E-state index in [1.54, 1.807) is 0 Å². The molecule has 2 aromatic rings. The van der Waals surface area contributed by atoms with Crippen molar-refractivity contribution in [2.24, 2.45) is 0 Å². The molecule has 0 saturated carbocycles. The third kappa shape index (κ3) is 5.63. The summed E-state index contributed by atoms with van der Waals surface area (Å²) >= 11 is 0. The van der Waals surface area contributed by atoms with Crippen molar-refractivity contribution in [2.45, 2.75) is 51.6 Å². The second kappa shape index (κ2) is 8.11. The Morgan fingerprint density at radius 2 is 1.23 bits per heavy atom. The molecule has 2 aromatic carbocycles. The van der Waals surface area contributed by atoms with Gasteiger partial charge in [0.2, 0.25) is 0 Å². The molecule has 0 aromatic heterocycles. The Hall–Kier alpha value is -1.64. The lowest BCUT2D eigenvalue weighted by Crippen LogP contribution is -2.42. The summed E-state index contributed by atoms with van der Waals surface area (Å²) in [7, 11) is 0. The lowest BCUT2D eigenvalue weighted by atomic mass is 9.86. The first-order valence-electron chi connectivity index (χ1n) is 7.83. The van der Waals surface area contributed by atoms with Crippen LogP contribution in [0.15, 0.2) is 60.7 Å². The summed E-state index contributed by atoms with van der Waals surface area (Å²) in [5, 5.41) is 3.69. The van der Waals surface area contributed by atoms with Crippen LogP contribution >= 0.6 is 0 Å². The minimum absolute atomic E-state index is 0. The molecule has 0 spiro atoms. The van der Waals surface area contributed by atoms with E-state index in [0.717, 1.165) is 6.42 Å². The third-order valence-corrected chi connectivity index (χ3v) is 3.67. The third-order valence-electron chi connectivity index (χ3n) is 3.67. The normalized spacial score (nSPS) is 12.8. The fourth-order valence-corrected chi connectivity index (χ4v) is 2.99. The maximum absolute atomic E-state index is 3.69. The largest absolute Gasteiger partial charge is 0.344 e. The van der Waals surface area contributed by atoms with Gasteiger partial charge in [0, 0.05) is 17.5 Å². The molecule has 120 valence electrons. The van der Waals surface area contributed by atoms with Crippen LogP contribution in [0.4, 0.5) is 0 Å². The van der Waals surface area contributed by atoms with Crippen LogP contribution in [0.1, 0.15) is 51.2 Å². The van der Waals surface area contributed by atoms with Gasteiger partial charge in [-0.25, -0.2) is 0 Å². The maximum Gasteiger partial charge on any atom is 0.0104 e. The van der Waals surface area contributed by atoms with Gasteiger partial charge in [0.15, 0.2) is 0 Å². The van der Waals surface area contributed by atoms with Crippen molar-refractivity contribution in [3.05, 3.63) is 71.8 Å². The van der Waals surface area contributed by atoms with Gasteiger partial charge in [-0.1, -0.05) is 60.7 Å². The fourth-order valence-electron chi connectivity index (χ4n) is 2.99. The zero-order chi connectivity index (χ0) is 15.3. The highest BCUT2D eigenvalue weighted by atomic mass is 15.0. The average Bonchev–Trinajstić information content (AvgIpc) is 2.45. The molecule has 0 amide bonds. The van der Waals surface area contributed by atoms with Crippen LogP contribution in [0.25, 0.3) is 0 Å². The standard InChI is InChI=1S/C20H27N.H3N/c1-16(21-20(2,3)4)15-19(17-11-7-5-8-12-17)18-13-9-6-10-14-18;/h5-14,16,19,21H,15H2,1-4H3;1H3. The van der Waals surface area contributed by atoms with Crippen molar-refractivity contribution in [1.82, 2.24) is 11.5 Å². The zero-order valence-corrected chi connectivity index (χ0v) is 14.3. The summed E-state index contributed by atoms with van der Waals surface area (Å²) in [5.74, 6) is 0.442. The molecule has 0 aliphatic carbocycles. The molecule has 1 unspecified atom stereocenters. The van der Waals surface area contributed by atoms with E-state index < -0.39 is 0 Å². The first-order chi connectivity index (χ1) is 9.96. The van der Waals surface area contributed by atoms with Gasteiger partial charge in [0.05, 0.1) is 0 Å². The second-order valence-corrected chi connectivity index (χ2v) is 6.91. The Kier molecular flexibility index (Phi) is 6.79. The van der Waals surface area contributed by atoms with Gasteiger partial charge in [-0.15, -0.1) is 0 Å². The number of nitrogens with one attached hydrogen (secondary N) is 1. The van der Waals surface area contributed by atoms with Crippen molar-refractivity contribution >= 4 is 0 Å². The highest BCUT2D eigenvalue weighted by Crippen LogP contribution is 2.29. The van der Waals surface area contributed by atoms with E-state index in [2.05, 4.69) is 93.7 Å². The van der Waals surface area contributed by atoms with Crippen molar-refractivity contribution in [3.63, 3.8) is 0 Å². The number of rotatable bonds is 5. The molecule has 0 saturated heterocycles. The van der Waals surface area contributed by atoms with E-state index in [1.807, 2.05) is 0 Å². The van der Waals surface area contributed by atoms with Crippen molar-refractivity contribution in [3.8, 4) is 0 Å². The molecule has 0 fully saturated rings. The number of hydrogen-bond donors (Lipinski definition) is 2. The van der Waals surface area contributed by atoms with E-state index in [9.17, 15) is 0 Å². The summed E-state index contributed by atoms with van der Waals surface area (Å²) in [4.78, 5) is 0. The van der Waals surface area contributed by atoms with Crippen LogP contribution in [-0.4, -0.2) is 11.6 Å². The lowest BCUT2D eigenvalue weighted by molar-refractivity contribution is 0.353. The van der Waals surface area contributed by atoms with Crippen molar-refractivity contribution in [1.29, 1.82) is 0 Å². The highest BCUT2D eigenvalue weighted by molar-refractivity contribution is 5.32. The SMILES string of the molecule is CC(CC(c1ccccc1)c1ccccc1)NC(C)(C)C.N. The van der Waals surface area contributed by atoms with E-state index >= 15 is 0 Å². The van der Waals surface area contributed by atoms with Gasteiger partial charge in [0.25, 0.3) is 0 Å². The smallest absolute Gasteiger partial charge is 0.0104 e. The zero-order valence-electron chi connectivity index (χ0n) is 14.3. The molecule has 22 heavy (non-hydrogen) atoms. The van der Waals surface area contributed by atoms with E-state index in [0.29, 0.717) is 12.0 Å². The molecule has 0 radical (unpaired) electrons. The van der Waals surface area contributed by atoms with Crippen LogP contribution in [0, 0.1) is 0 Å². The van der Waals surface area contributed by atoms with E-state index in [-0.39, 0.29) is 11.7 Å². The Morgan fingerprint density at radius 1 is 0.818 bits per heavy atom. The van der Waals surface area contributed by atoms with Gasteiger partial charge < -0.3 is 11.5 Å². The van der Waals surface area contributed by atoms with Crippen LogP contribution in [0.3, 0.4) is 0 Å². The molecule has 2 rings (SSSR count). The Balaban J connectivity index is 0.00000242. The maximum atomic E-state index is 3.69. The summed E-state index contributed by atoms with van der Waals surface area (Å²) < 4.78 is 0. The lowest BCUT2D eigenvalue weighted by Gasteiger charge is -2.29. The summed E-state index contributed by atoms with van der Waals surface area (Å²) in [6, 6.07) is 22.1. The van der Waals surface area contributed by atoms with Crippen LogP contribution in [0.5, 0.6) is 0 Å². The summed E-state index contributed by atoms with van der Waals surface area (Å²) in [5.41, 5.74) is 2.94. The van der Waals surface area contributed by atoms with E-state index in [1.165, 1.54) is 11.1 Å². The van der Waals surface area contributed by atoms with Crippen molar-refractivity contribution in [2.75, 3.05) is 0 Å². The predicted molar refractivity (Wildman–Crippen MR) is 96.7 cm³/mol. The van der Waals surface area contributed by atoms with Crippen LogP contribution in [-0.2, 0) is 0 Å². The van der Waals surface area contributed by atoms with Gasteiger partial charge in [-0.05, 0) is 45.2 Å². The molecule has 0 aliphatic heterocycles. The number of benzene rings is 2. The molecule has 2 nitrogen and oxygen atoms in total. The Labute approximate surface area is 135 Å². The quantitative estimate of drug-likeness (QED) is 0.802. The summed E-state index contributed by atoms with van der Waals surface area (Å²) in [6.45, 7) is 8.96. The molecule has 4 N–H and O–H groups in total. The Bertz CT molecular complexity index is 489. The molecule has 2 heteroatoms.